The number of carbonyl (C=O) groups excluding carboxylic acids is 1. The fourth-order valence-electron chi connectivity index (χ4n) is 3.14. The molecule has 3 aromatic rings. The predicted octanol–water partition coefficient (Wildman–Crippen LogP) is 4.25. The first kappa shape index (κ1) is 18.7. The third-order valence-electron chi connectivity index (χ3n) is 4.41. The summed E-state index contributed by atoms with van der Waals surface area (Å²) in [4.78, 5) is 24.4. The van der Waals surface area contributed by atoms with Gasteiger partial charge in [0.15, 0.2) is 17.3 Å². The molecule has 2 aromatic carbocycles. The Morgan fingerprint density at radius 3 is 2.69 bits per heavy atom. The van der Waals surface area contributed by atoms with Gasteiger partial charge in [-0.05, 0) is 18.6 Å². The Hall–Kier alpha value is -3.68. The molecule has 0 unspecified atom stereocenters. The predicted molar refractivity (Wildman–Crippen MR) is 101 cm³/mol. The SMILES string of the molecule is CCOC(=O)Oc1cn2c3c(c(F)c(F)cc3c1=O)OC=C2Cc1ccccc1. The van der Waals surface area contributed by atoms with Crippen LogP contribution < -0.4 is 14.9 Å². The molecule has 0 aliphatic carbocycles. The highest BCUT2D eigenvalue weighted by Gasteiger charge is 2.26. The quantitative estimate of drug-likeness (QED) is 0.614. The van der Waals surface area contributed by atoms with Gasteiger partial charge in [0.2, 0.25) is 11.2 Å². The summed E-state index contributed by atoms with van der Waals surface area (Å²) in [5.74, 6) is -3.23. The van der Waals surface area contributed by atoms with E-state index < -0.39 is 29.0 Å². The van der Waals surface area contributed by atoms with Crippen LogP contribution in [0, 0.1) is 11.6 Å². The number of nitrogens with zero attached hydrogens (tertiary/aromatic N) is 1. The summed E-state index contributed by atoms with van der Waals surface area (Å²) < 4.78 is 44.8. The summed E-state index contributed by atoms with van der Waals surface area (Å²) in [6, 6.07) is 10.1. The number of allylic oxidation sites excluding steroid dienone is 1. The largest absolute Gasteiger partial charge is 0.514 e. The molecule has 4 rings (SSSR count). The third-order valence-corrected chi connectivity index (χ3v) is 4.41. The molecule has 0 amide bonds. The summed E-state index contributed by atoms with van der Waals surface area (Å²) in [7, 11) is 0. The monoisotopic (exact) mass is 399 g/mol. The van der Waals surface area contributed by atoms with Crippen LogP contribution in [0.4, 0.5) is 13.6 Å². The highest BCUT2D eigenvalue weighted by Crippen LogP contribution is 2.36. The molecule has 148 valence electrons. The molecule has 1 aliphatic rings. The van der Waals surface area contributed by atoms with Gasteiger partial charge in [-0.25, -0.2) is 9.18 Å². The second-order valence-corrected chi connectivity index (χ2v) is 6.26. The number of aromatic nitrogens is 1. The number of benzene rings is 2. The third kappa shape index (κ3) is 3.33. The molecular weight excluding hydrogens is 384 g/mol. The summed E-state index contributed by atoms with van der Waals surface area (Å²) in [6.07, 6.45) is 1.83. The van der Waals surface area contributed by atoms with Crippen molar-refractivity contribution in [1.29, 1.82) is 0 Å². The number of hydrogen-bond acceptors (Lipinski definition) is 5. The first-order valence-electron chi connectivity index (χ1n) is 8.81. The highest BCUT2D eigenvalue weighted by atomic mass is 19.2. The van der Waals surface area contributed by atoms with Crippen molar-refractivity contribution < 1.29 is 27.8 Å². The van der Waals surface area contributed by atoms with Gasteiger partial charge in [-0.1, -0.05) is 30.3 Å². The molecule has 0 saturated carbocycles. The minimum atomic E-state index is -1.25. The summed E-state index contributed by atoms with van der Waals surface area (Å²) in [6.45, 7) is 1.64. The van der Waals surface area contributed by atoms with E-state index in [4.69, 9.17) is 14.2 Å². The van der Waals surface area contributed by atoms with E-state index >= 15 is 0 Å². The van der Waals surface area contributed by atoms with Crippen molar-refractivity contribution in [1.82, 2.24) is 4.57 Å². The van der Waals surface area contributed by atoms with E-state index in [0.717, 1.165) is 11.6 Å². The molecule has 1 aliphatic heterocycles. The molecule has 0 saturated heterocycles. The van der Waals surface area contributed by atoms with Crippen molar-refractivity contribution >= 4 is 22.8 Å². The second kappa shape index (κ2) is 7.38. The van der Waals surface area contributed by atoms with Gasteiger partial charge in [0.25, 0.3) is 0 Å². The van der Waals surface area contributed by atoms with Crippen molar-refractivity contribution in [2.75, 3.05) is 6.61 Å². The van der Waals surface area contributed by atoms with Crippen molar-refractivity contribution in [3.8, 4) is 11.5 Å². The van der Waals surface area contributed by atoms with Crippen LogP contribution in [0.5, 0.6) is 11.5 Å². The normalized spacial score (nSPS) is 12.3. The lowest BCUT2D eigenvalue weighted by Crippen LogP contribution is -2.21. The minimum absolute atomic E-state index is 0.0532. The van der Waals surface area contributed by atoms with Crippen molar-refractivity contribution in [3.05, 3.63) is 76.3 Å². The van der Waals surface area contributed by atoms with E-state index in [0.29, 0.717) is 12.1 Å². The maximum Gasteiger partial charge on any atom is 0.514 e. The second-order valence-electron chi connectivity index (χ2n) is 6.26. The summed E-state index contributed by atoms with van der Waals surface area (Å²) in [5.41, 5.74) is 0.731. The molecule has 0 atom stereocenters. The number of pyridine rings is 1. The topological polar surface area (TPSA) is 66.8 Å². The average Bonchev–Trinajstić information content (AvgIpc) is 2.71. The number of hydrogen-bond donors (Lipinski definition) is 0. The Morgan fingerprint density at radius 1 is 1.21 bits per heavy atom. The standard InChI is InChI=1S/C21H15F2NO5/c1-2-27-21(26)29-16-10-24-13(8-12-6-4-3-5-7-12)11-28-20-17(23)15(22)9-14(18(20)24)19(16)25/h3-7,9-11H,2,8H2,1H3. The molecule has 0 spiro atoms. The number of ether oxygens (including phenoxy) is 3. The minimum Gasteiger partial charge on any atom is -0.458 e. The van der Waals surface area contributed by atoms with Crippen LogP contribution in [0.2, 0.25) is 0 Å². The van der Waals surface area contributed by atoms with Crippen molar-refractivity contribution in [2.45, 2.75) is 13.3 Å². The first-order valence-corrected chi connectivity index (χ1v) is 8.81. The van der Waals surface area contributed by atoms with Crippen LogP contribution in [0.1, 0.15) is 12.5 Å². The Labute approximate surface area is 163 Å². The molecule has 0 N–H and O–H groups in total. The Bertz CT molecular complexity index is 1200. The molecule has 1 aromatic heterocycles. The molecular formula is C21H15F2NO5. The summed E-state index contributed by atoms with van der Waals surface area (Å²) in [5, 5.41) is -0.181. The van der Waals surface area contributed by atoms with Crippen molar-refractivity contribution in [3.63, 3.8) is 0 Å². The molecule has 8 heteroatoms. The number of carbonyl (C=O) groups is 1. The van der Waals surface area contributed by atoms with Gasteiger partial charge < -0.3 is 18.8 Å². The number of rotatable bonds is 4. The molecule has 6 nitrogen and oxygen atoms in total. The summed E-state index contributed by atoms with van der Waals surface area (Å²) >= 11 is 0. The van der Waals surface area contributed by atoms with E-state index in [1.807, 2.05) is 30.3 Å². The van der Waals surface area contributed by atoms with Gasteiger partial charge in [-0.3, -0.25) is 4.79 Å². The highest BCUT2D eigenvalue weighted by molar-refractivity contribution is 5.90. The maximum absolute atomic E-state index is 14.3. The molecule has 0 radical (unpaired) electrons. The van der Waals surface area contributed by atoms with E-state index in [2.05, 4.69) is 0 Å². The zero-order valence-corrected chi connectivity index (χ0v) is 15.3. The fraction of sp³-hybridized carbons (Fsp3) is 0.143. The number of halogens is 2. The van der Waals surface area contributed by atoms with Crippen LogP contribution in [-0.2, 0) is 11.2 Å². The van der Waals surface area contributed by atoms with Gasteiger partial charge in [0.1, 0.15) is 11.8 Å². The fourth-order valence-corrected chi connectivity index (χ4v) is 3.14. The van der Waals surface area contributed by atoms with E-state index in [9.17, 15) is 18.4 Å². The Morgan fingerprint density at radius 2 is 1.97 bits per heavy atom. The zero-order chi connectivity index (χ0) is 20.5. The molecule has 2 heterocycles. The zero-order valence-electron chi connectivity index (χ0n) is 15.3. The van der Waals surface area contributed by atoms with Gasteiger partial charge in [-0.2, -0.15) is 4.39 Å². The maximum atomic E-state index is 14.3. The van der Waals surface area contributed by atoms with Gasteiger partial charge in [0.05, 0.1) is 23.9 Å². The van der Waals surface area contributed by atoms with Gasteiger partial charge in [0, 0.05) is 6.42 Å². The van der Waals surface area contributed by atoms with E-state index in [1.165, 1.54) is 17.0 Å². The van der Waals surface area contributed by atoms with Crippen LogP contribution in [0.15, 0.2) is 53.7 Å². The van der Waals surface area contributed by atoms with E-state index in [-0.39, 0.29) is 23.3 Å². The van der Waals surface area contributed by atoms with Crippen LogP contribution in [0.25, 0.3) is 16.6 Å². The molecule has 0 bridgehead atoms. The Balaban J connectivity index is 1.91. The van der Waals surface area contributed by atoms with E-state index in [1.54, 1.807) is 6.92 Å². The first-order chi connectivity index (χ1) is 14.0. The van der Waals surface area contributed by atoms with Gasteiger partial charge >= 0.3 is 6.16 Å². The smallest absolute Gasteiger partial charge is 0.458 e. The van der Waals surface area contributed by atoms with Crippen LogP contribution in [0.3, 0.4) is 0 Å². The average molecular weight is 399 g/mol. The molecule has 29 heavy (non-hydrogen) atoms. The Kier molecular flexibility index (Phi) is 4.75. The lowest BCUT2D eigenvalue weighted by Gasteiger charge is -2.22. The molecule has 0 fully saturated rings. The lowest BCUT2D eigenvalue weighted by molar-refractivity contribution is 0.104. The van der Waals surface area contributed by atoms with Crippen LogP contribution >= 0.6 is 0 Å². The van der Waals surface area contributed by atoms with Crippen molar-refractivity contribution in [2.24, 2.45) is 0 Å². The van der Waals surface area contributed by atoms with Gasteiger partial charge in [-0.15, -0.1) is 0 Å². The van der Waals surface area contributed by atoms with Crippen LogP contribution in [-0.4, -0.2) is 17.3 Å². The lowest BCUT2D eigenvalue weighted by atomic mass is 10.1.